The van der Waals surface area contributed by atoms with Crippen LogP contribution in [0.3, 0.4) is 0 Å². The van der Waals surface area contributed by atoms with Crippen molar-refractivity contribution in [2.75, 3.05) is 26.2 Å². The summed E-state index contributed by atoms with van der Waals surface area (Å²) in [5.41, 5.74) is 0.382. The molecule has 2 aliphatic heterocycles. The smallest absolute Gasteiger partial charge is 0.320 e. The maximum absolute atomic E-state index is 12.9. The van der Waals surface area contributed by atoms with Crippen LogP contribution in [0.4, 0.5) is 4.79 Å². The van der Waals surface area contributed by atoms with Crippen molar-refractivity contribution in [2.24, 2.45) is 16.7 Å². The number of hydrogen-bond acceptors (Lipinski definition) is 6. The minimum atomic E-state index is -0.787. The molecule has 2 amide bonds. The quantitative estimate of drug-likeness (QED) is 0.731. The van der Waals surface area contributed by atoms with E-state index in [0.29, 0.717) is 28.6 Å². The number of H-pyrrole nitrogens is 1. The van der Waals surface area contributed by atoms with Gasteiger partial charge in [-0.2, -0.15) is 15.5 Å². The van der Waals surface area contributed by atoms with Crippen LogP contribution >= 0.6 is 0 Å². The van der Waals surface area contributed by atoms with Gasteiger partial charge in [-0.1, -0.05) is 0 Å². The highest BCUT2D eigenvalue weighted by Gasteiger charge is 2.59. The van der Waals surface area contributed by atoms with Crippen LogP contribution in [0.5, 0.6) is 0 Å². The molecule has 0 radical (unpaired) electrons. The molecule has 7 rings (SSSR count). The number of hydrogen-bond donors (Lipinski definition) is 2. The average molecular weight is 449 g/mol. The van der Waals surface area contributed by atoms with Gasteiger partial charge in [0.1, 0.15) is 17.5 Å². The number of nitrogens with one attached hydrogen (secondary N) is 1. The van der Waals surface area contributed by atoms with E-state index >= 15 is 0 Å². The first-order valence-corrected chi connectivity index (χ1v) is 12.0. The molecule has 2 saturated heterocycles. The van der Waals surface area contributed by atoms with Crippen molar-refractivity contribution in [3.05, 3.63) is 29.6 Å². The Morgan fingerprint density at radius 3 is 2.42 bits per heavy atom. The molecule has 5 fully saturated rings. The highest BCUT2D eigenvalue weighted by atomic mass is 16.3. The Morgan fingerprint density at radius 1 is 1.15 bits per heavy atom. The number of rotatable bonds is 4. The Morgan fingerprint density at radius 2 is 1.82 bits per heavy atom. The van der Waals surface area contributed by atoms with Gasteiger partial charge in [-0.15, -0.1) is 0 Å². The van der Waals surface area contributed by atoms with Gasteiger partial charge in [0.05, 0.1) is 11.8 Å². The lowest BCUT2D eigenvalue weighted by Crippen LogP contribution is -2.71. The summed E-state index contributed by atoms with van der Waals surface area (Å²) in [6, 6.07) is 2.32. The van der Waals surface area contributed by atoms with Gasteiger partial charge in [-0.3, -0.25) is 9.78 Å². The van der Waals surface area contributed by atoms with Crippen molar-refractivity contribution in [1.29, 1.82) is 5.26 Å². The van der Waals surface area contributed by atoms with E-state index in [1.807, 2.05) is 20.7 Å². The van der Waals surface area contributed by atoms with E-state index < -0.39 is 5.60 Å². The lowest BCUT2D eigenvalue weighted by molar-refractivity contribution is -0.103. The van der Waals surface area contributed by atoms with Crippen molar-refractivity contribution in [2.45, 2.75) is 56.6 Å². The predicted octanol–water partition coefficient (Wildman–Crippen LogP) is 1.57. The van der Waals surface area contributed by atoms with Crippen LogP contribution in [-0.4, -0.2) is 72.1 Å². The van der Waals surface area contributed by atoms with E-state index in [-0.39, 0.29) is 11.4 Å². The summed E-state index contributed by atoms with van der Waals surface area (Å²) in [6.45, 7) is 4.31. The molecule has 2 N–H and O–H groups in total. The fourth-order valence-corrected chi connectivity index (χ4v) is 6.78. The zero-order chi connectivity index (χ0) is 22.4. The Kier molecular flexibility index (Phi) is 3.76. The zero-order valence-corrected chi connectivity index (χ0v) is 18.6. The molecule has 0 aromatic carbocycles. The molecule has 10 heteroatoms. The first kappa shape index (κ1) is 19.5. The number of carbonyl (C=O) groups is 1. The molecular formula is C23H28N8O2. The van der Waals surface area contributed by atoms with Gasteiger partial charge in [-0.25, -0.2) is 9.78 Å². The van der Waals surface area contributed by atoms with Gasteiger partial charge in [0, 0.05) is 55.7 Å². The van der Waals surface area contributed by atoms with E-state index in [0.717, 1.165) is 77.1 Å². The molecule has 3 saturated carbocycles. The van der Waals surface area contributed by atoms with Gasteiger partial charge >= 0.3 is 6.03 Å². The third kappa shape index (κ3) is 3.01. The summed E-state index contributed by atoms with van der Waals surface area (Å²) in [6.07, 6.45) is 9.28. The monoisotopic (exact) mass is 448 g/mol. The minimum absolute atomic E-state index is 0.196. The Labute approximate surface area is 191 Å². The van der Waals surface area contributed by atoms with Gasteiger partial charge < -0.3 is 14.9 Å². The maximum Gasteiger partial charge on any atom is 0.320 e. The van der Waals surface area contributed by atoms with E-state index in [4.69, 9.17) is 5.26 Å². The van der Waals surface area contributed by atoms with Crippen LogP contribution in [0.15, 0.2) is 12.4 Å². The van der Waals surface area contributed by atoms with Crippen LogP contribution in [0.2, 0.25) is 0 Å². The highest BCUT2D eigenvalue weighted by Crippen LogP contribution is 2.57. The standard InChI is InChI=1S/C23H28N8O2/c24-7-16-8-25-31(10-16)9-15-3-21(4-15)11-29(12-21)20(32)30-13-22(14-30)5-17(6-22)18-26-19(28-27-18)23(33)1-2-23/h8,10,15,17,33H,1-6,9,11-14H2,(H,26,27,28). The molecule has 3 aliphatic carbocycles. The average Bonchev–Trinajstić information content (AvgIpc) is 3.10. The summed E-state index contributed by atoms with van der Waals surface area (Å²) in [4.78, 5) is 21.5. The number of urea groups is 1. The lowest BCUT2D eigenvalue weighted by atomic mass is 9.57. The van der Waals surface area contributed by atoms with Gasteiger partial charge in [0.15, 0.2) is 5.82 Å². The molecule has 33 heavy (non-hydrogen) atoms. The number of aromatic nitrogens is 5. The van der Waals surface area contributed by atoms with Gasteiger partial charge in [0.25, 0.3) is 0 Å². The fraction of sp³-hybridized carbons (Fsp3) is 0.696. The molecule has 4 heterocycles. The molecular weight excluding hydrogens is 420 g/mol. The number of nitrogens with zero attached hydrogens (tertiary/aromatic N) is 7. The van der Waals surface area contributed by atoms with Crippen LogP contribution in [0.1, 0.15) is 61.7 Å². The number of amides is 2. The molecule has 5 aliphatic rings. The molecule has 2 spiro atoms. The largest absolute Gasteiger partial charge is 0.382 e. The third-order valence-electron chi connectivity index (χ3n) is 8.69. The Balaban J connectivity index is 0.854. The topological polar surface area (TPSA) is 127 Å². The molecule has 2 aromatic rings. The Bertz CT molecular complexity index is 1150. The lowest BCUT2D eigenvalue weighted by Gasteiger charge is -2.63. The fourth-order valence-electron chi connectivity index (χ4n) is 6.78. The zero-order valence-electron chi connectivity index (χ0n) is 18.6. The first-order valence-electron chi connectivity index (χ1n) is 12.0. The molecule has 2 aromatic heterocycles. The minimum Gasteiger partial charge on any atom is -0.382 e. The highest BCUT2D eigenvalue weighted by molar-refractivity contribution is 5.77. The van der Waals surface area contributed by atoms with Crippen molar-refractivity contribution < 1.29 is 9.90 Å². The molecule has 172 valence electrons. The normalized spacial score (nSPS) is 26.3. The van der Waals surface area contributed by atoms with E-state index in [1.165, 1.54) is 0 Å². The number of carbonyl (C=O) groups excluding carboxylic acids is 1. The Hall–Kier alpha value is -2.93. The van der Waals surface area contributed by atoms with Gasteiger partial charge in [0.2, 0.25) is 0 Å². The van der Waals surface area contributed by atoms with E-state index in [2.05, 4.69) is 26.3 Å². The SMILES string of the molecule is N#Cc1cnn(CC2CC3(C2)CN(C(=O)N2CC4(CC(c5nc(C6(O)CC6)n[nH]5)C4)C2)C3)c1. The maximum atomic E-state index is 12.9. The molecule has 0 unspecified atom stereocenters. The number of aromatic amines is 1. The number of likely N-dealkylation sites (tertiary alicyclic amines) is 2. The van der Waals surface area contributed by atoms with Crippen LogP contribution < -0.4 is 0 Å². The van der Waals surface area contributed by atoms with Crippen LogP contribution in [0.25, 0.3) is 0 Å². The first-order chi connectivity index (χ1) is 15.9. The predicted molar refractivity (Wildman–Crippen MR) is 115 cm³/mol. The van der Waals surface area contributed by atoms with Crippen LogP contribution in [0, 0.1) is 28.1 Å². The summed E-state index contributed by atoms with van der Waals surface area (Å²) < 4.78 is 1.87. The molecule has 0 bridgehead atoms. The molecule has 0 atom stereocenters. The number of nitriles is 1. The van der Waals surface area contributed by atoms with Crippen molar-refractivity contribution >= 4 is 6.03 Å². The summed E-state index contributed by atoms with van der Waals surface area (Å²) >= 11 is 0. The van der Waals surface area contributed by atoms with Crippen molar-refractivity contribution in [3.63, 3.8) is 0 Å². The second-order valence-corrected chi connectivity index (χ2v) is 11.5. The van der Waals surface area contributed by atoms with Crippen molar-refractivity contribution in [3.8, 4) is 6.07 Å². The van der Waals surface area contributed by atoms with Gasteiger partial charge in [-0.05, 0) is 44.4 Å². The number of aliphatic hydroxyl groups is 1. The van der Waals surface area contributed by atoms with Crippen LogP contribution in [-0.2, 0) is 12.1 Å². The second kappa shape index (κ2) is 6.35. The van der Waals surface area contributed by atoms with E-state index in [1.54, 1.807) is 6.20 Å². The van der Waals surface area contributed by atoms with E-state index in [9.17, 15) is 9.90 Å². The summed E-state index contributed by atoms with van der Waals surface area (Å²) in [5, 5.41) is 30.6. The summed E-state index contributed by atoms with van der Waals surface area (Å²) in [5.74, 6) is 2.39. The van der Waals surface area contributed by atoms with Crippen molar-refractivity contribution in [1.82, 2.24) is 34.8 Å². The third-order valence-corrected chi connectivity index (χ3v) is 8.69. The summed E-state index contributed by atoms with van der Waals surface area (Å²) in [7, 11) is 0. The molecule has 10 nitrogen and oxygen atoms in total. The second-order valence-electron chi connectivity index (χ2n) is 11.5.